The molecule has 110 valence electrons. The topological polar surface area (TPSA) is 72.6 Å². The molecule has 21 heavy (non-hydrogen) atoms. The highest BCUT2D eigenvalue weighted by molar-refractivity contribution is 5.38. The average molecular weight is 291 g/mol. The van der Waals surface area contributed by atoms with E-state index in [0.29, 0.717) is 5.56 Å². The van der Waals surface area contributed by atoms with E-state index in [1.54, 1.807) is 31.2 Å². The summed E-state index contributed by atoms with van der Waals surface area (Å²) in [5.74, 6) is -0.855. The van der Waals surface area contributed by atoms with Crippen molar-refractivity contribution in [3.05, 3.63) is 70.0 Å². The maximum atomic E-state index is 13.5. The van der Waals surface area contributed by atoms with Crippen LogP contribution in [0.1, 0.15) is 12.5 Å². The van der Waals surface area contributed by atoms with Gasteiger partial charge in [-0.1, -0.05) is 30.3 Å². The van der Waals surface area contributed by atoms with Crippen molar-refractivity contribution in [3.8, 4) is 5.75 Å². The molecule has 0 radical (unpaired) electrons. The number of halogens is 1. The van der Waals surface area contributed by atoms with Gasteiger partial charge in [-0.2, -0.15) is 4.39 Å². The molecule has 0 aliphatic carbocycles. The van der Waals surface area contributed by atoms with Gasteiger partial charge in [0.25, 0.3) is 0 Å². The fraction of sp³-hybridized carbons (Fsp3) is 0.200. The van der Waals surface area contributed by atoms with Gasteiger partial charge in [0.1, 0.15) is 18.0 Å². The Morgan fingerprint density at radius 2 is 1.95 bits per heavy atom. The Kier molecular flexibility index (Phi) is 4.18. The summed E-state index contributed by atoms with van der Waals surface area (Å²) in [7, 11) is 0. The lowest BCUT2D eigenvalue weighted by Crippen LogP contribution is -2.29. The van der Waals surface area contributed by atoms with E-state index in [-0.39, 0.29) is 12.4 Å². The highest BCUT2D eigenvalue weighted by Gasteiger charge is 2.24. The van der Waals surface area contributed by atoms with Gasteiger partial charge in [0.15, 0.2) is 0 Å². The van der Waals surface area contributed by atoms with Crippen molar-refractivity contribution < 1.29 is 19.2 Å². The van der Waals surface area contributed by atoms with E-state index in [1.807, 2.05) is 6.07 Å². The average Bonchev–Trinajstić information content (AvgIpc) is 2.46. The molecule has 2 aromatic carbocycles. The lowest BCUT2D eigenvalue weighted by Gasteiger charge is -2.24. The first-order chi connectivity index (χ1) is 9.90. The maximum absolute atomic E-state index is 13.5. The van der Waals surface area contributed by atoms with Gasteiger partial charge < -0.3 is 9.84 Å². The van der Waals surface area contributed by atoms with E-state index >= 15 is 0 Å². The van der Waals surface area contributed by atoms with Crippen LogP contribution in [0, 0.1) is 15.9 Å². The summed E-state index contributed by atoms with van der Waals surface area (Å²) in [6.45, 7) is 1.47. The van der Waals surface area contributed by atoms with Crippen molar-refractivity contribution >= 4 is 5.69 Å². The molecule has 5 nitrogen and oxygen atoms in total. The Balaban J connectivity index is 2.09. The van der Waals surface area contributed by atoms with Gasteiger partial charge in [-0.05, 0) is 18.6 Å². The predicted molar refractivity (Wildman–Crippen MR) is 74.6 cm³/mol. The fourth-order valence-electron chi connectivity index (χ4n) is 1.83. The van der Waals surface area contributed by atoms with Crippen molar-refractivity contribution in [1.82, 2.24) is 0 Å². The summed E-state index contributed by atoms with van der Waals surface area (Å²) in [5, 5.41) is 20.9. The highest BCUT2D eigenvalue weighted by Crippen LogP contribution is 2.25. The quantitative estimate of drug-likeness (QED) is 0.679. The molecule has 0 aliphatic rings. The summed E-state index contributed by atoms with van der Waals surface area (Å²) < 4.78 is 18.8. The van der Waals surface area contributed by atoms with E-state index < -0.39 is 22.0 Å². The first kappa shape index (κ1) is 14.9. The van der Waals surface area contributed by atoms with Crippen molar-refractivity contribution in [2.45, 2.75) is 12.5 Å². The van der Waals surface area contributed by atoms with E-state index in [4.69, 9.17) is 4.74 Å². The molecule has 2 aromatic rings. The largest absolute Gasteiger partial charge is 0.490 e. The van der Waals surface area contributed by atoms with Crippen LogP contribution >= 0.6 is 0 Å². The van der Waals surface area contributed by atoms with E-state index in [9.17, 15) is 19.6 Å². The third-order valence-corrected chi connectivity index (χ3v) is 3.03. The SMILES string of the molecule is CC(O)(COc1ccc([N+](=O)[O-])c(F)c1)c1ccccc1. The smallest absolute Gasteiger partial charge is 0.305 e. The third-order valence-electron chi connectivity index (χ3n) is 3.03. The number of hydrogen-bond donors (Lipinski definition) is 1. The molecule has 1 atom stereocenters. The van der Waals surface area contributed by atoms with Gasteiger partial charge in [0.2, 0.25) is 5.82 Å². The van der Waals surface area contributed by atoms with E-state index in [1.165, 1.54) is 6.07 Å². The molecule has 0 spiro atoms. The number of rotatable bonds is 5. The standard InChI is InChI=1S/C15H14FNO4/c1-15(18,11-5-3-2-4-6-11)10-21-12-7-8-14(17(19)20)13(16)9-12/h2-9,18H,10H2,1H3. The zero-order chi connectivity index (χ0) is 15.5. The van der Waals surface area contributed by atoms with Crippen molar-refractivity contribution in [2.75, 3.05) is 6.61 Å². The van der Waals surface area contributed by atoms with Crippen LogP contribution in [0.15, 0.2) is 48.5 Å². The van der Waals surface area contributed by atoms with Crippen LogP contribution in [0.25, 0.3) is 0 Å². The van der Waals surface area contributed by atoms with Crippen molar-refractivity contribution in [2.24, 2.45) is 0 Å². The Bertz CT molecular complexity index is 643. The summed E-state index contributed by atoms with van der Waals surface area (Å²) in [4.78, 5) is 9.71. The first-order valence-electron chi connectivity index (χ1n) is 6.25. The second-order valence-corrected chi connectivity index (χ2v) is 4.80. The maximum Gasteiger partial charge on any atom is 0.305 e. The predicted octanol–water partition coefficient (Wildman–Crippen LogP) is 3.02. The number of hydrogen-bond acceptors (Lipinski definition) is 4. The lowest BCUT2D eigenvalue weighted by atomic mass is 9.97. The normalized spacial score (nSPS) is 13.5. The van der Waals surface area contributed by atoms with Gasteiger partial charge in [0, 0.05) is 12.1 Å². The number of aliphatic hydroxyl groups is 1. The van der Waals surface area contributed by atoms with Crippen LogP contribution < -0.4 is 4.74 Å². The molecule has 0 amide bonds. The fourth-order valence-corrected chi connectivity index (χ4v) is 1.83. The minimum Gasteiger partial charge on any atom is -0.490 e. The van der Waals surface area contributed by atoms with Crippen LogP contribution in [-0.2, 0) is 5.60 Å². The lowest BCUT2D eigenvalue weighted by molar-refractivity contribution is -0.387. The molecule has 1 N–H and O–H groups in total. The Morgan fingerprint density at radius 3 is 2.52 bits per heavy atom. The summed E-state index contributed by atoms with van der Waals surface area (Å²) in [5.41, 5.74) is -1.20. The van der Waals surface area contributed by atoms with Crippen LogP contribution in [-0.4, -0.2) is 16.6 Å². The summed E-state index contributed by atoms with van der Waals surface area (Å²) in [6.07, 6.45) is 0. The van der Waals surface area contributed by atoms with E-state index in [2.05, 4.69) is 0 Å². The number of benzene rings is 2. The second-order valence-electron chi connectivity index (χ2n) is 4.80. The van der Waals surface area contributed by atoms with Crippen LogP contribution in [0.5, 0.6) is 5.75 Å². The first-order valence-corrected chi connectivity index (χ1v) is 6.25. The molecule has 6 heteroatoms. The molecular formula is C15H14FNO4. The van der Waals surface area contributed by atoms with Crippen LogP contribution in [0.2, 0.25) is 0 Å². The molecule has 0 fully saturated rings. The molecular weight excluding hydrogens is 277 g/mol. The van der Waals surface area contributed by atoms with E-state index in [0.717, 1.165) is 12.1 Å². The Hall–Kier alpha value is -2.47. The van der Waals surface area contributed by atoms with Crippen molar-refractivity contribution in [3.63, 3.8) is 0 Å². The number of ether oxygens (including phenoxy) is 1. The summed E-state index contributed by atoms with van der Waals surface area (Å²) in [6, 6.07) is 12.2. The third kappa shape index (κ3) is 3.55. The Morgan fingerprint density at radius 1 is 1.29 bits per heavy atom. The van der Waals surface area contributed by atoms with Crippen LogP contribution in [0.4, 0.5) is 10.1 Å². The zero-order valence-corrected chi connectivity index (χ0v) is 11.3. The van der Waals surface area contributed by atoms with Gasteiger partial charge in [-0.15, -0.1) is 0 Å². The monoisotopic (exact) mass is 291 g/mol. The Labute approximate surface area is 120 Å². The number of nitro groups is 1. The zero-order valence-electron chi connectivity index (χ0n) is 11.3. The molecule has 2 rings (SSSR count). The molecule has 0 aliphatic heterocycles. The van der Waals surface area contributed by atoms with Crippen LogP contribution in [0.3, 0.4) is 0 Å². The molecule has 1 unspecified atom stereocenters. The number of nitro benzene ring substituents is 1. The van der Waals surface area contributed by atoms with Gasteiger partial charge in [-0.3, -0.25) is 10.1 Å². The molecule has 0 saturated carbocycles. The molecule has 0 aromatic heterocycles. The minimum atomic E-state index is -1.25. The number of nitrogens with zero attached hydrogens (tertiary/aromatic N) is 1. The van der Waals surface area contributed by atoms with Gasteiger partial charge in [0.05, 0.1) is 4.92 Å². The summed E-state index contributed by atoms with van der Waals surface area (Å²) >= 11 is 0. The van der Waals surface area contributed by atoms with Crippen molar-refractivity contribution in [1.29, 1.82) is 0 Å². The second kappa shape index (κ2) is 5.88. The van der Waals surface area contributed by atoms with Gasteiger partial charge in [-0.25, -0.2) is 0 Å². The minimum absolute atomic E-state index is 0.103. The van der Waals surface area contributed by atoms with Gasteiger partial charge >= 0.3 is 5.69 Å². The molecule has 0 heterocycles. The highest BCUT2D eigenvalue weighted by atomic mass is 19.1. The molecule has 0 saturated heterocycles. The molecule has 0 bridgehead atoms.